The third kappa shape index (κ3) is 3.96. The predicted molar refractivity (Wildman–Crippen MR) is 79.2 cm³/mol. The highest BCUT2D eigenvalue weighted by atomic mass is 32.2. The number of nitrogens with two attached hydrogens (primary N) is 1. The van der Waals surface area contributed by atoms with Crippen LogP contribution in [-0.4, -0.2) is 22.1 Å². The summed E-state index contributed by atoms with van der Waals surface area (Å²) in [7, 11) is 0. The molecule has 0 unspecified atom stereocenters. The van der Waals surface area contributed by atoms with E-state index >= 15 is 0 Å². The lowest BCUT2D eigenvalue weighted by molar-refractivity contribution is 0.218. The lowest BCUT2D eigenvalue weighted by Gasteiger charge is -2.32. The van der Waals surface area contributed by atoms with Crippen LogP contribution in [0.2, 0.25) is 0 Å². The average Bonchev–Trinajstić information content (AvgIpc) is 2.85. The van der Waals surface area contributed by atoms with Crippen LogP contribution in [0.4, 0.5) is 0 Å². The van der Waals surface area contributed by atoms with Gasteiger partial charge >= 0.3 is 0 Å². The first-order chi connectivity index (χ1) is 9.02. The Balaban J connectivity index is 1.94. The molecule has 0 amide bonds. The summed E-state index contributed by atoms with van der Waals surface area (Å²) < 4.78 is 5.33. The normalized spacial score (nSPS) is 21.5. The highest BCUT2D eigenvalue weighted by molar-refractivity contribution is 7.98. The van der Waals surface area contributed by atoms with E-state index in [4.69, 9.17) is 10.3 Å². The Morgan fingerprint density at radius 3 is 2.74 bits per heavy atom. The summed E-state index contributed by atoms with van der Waals surface area (Å²) in [5, 5.41) is 4.14. The molecule has 1 atom stereocenters. The van der Waals surface area contributed by atoms with E-state index in [-0.39, 0.29) is 6.04 Å². The van der Waals surface area contributed by atoms with Crippen molar-refractivity contribution in [2.75, 3.05) is 12.0 Å². The van der Waals surface area contributed by atoms with Crippen molar-refractivity contribution < 1.29 is 4.52 Å². The van der Waals surface area contributed by atoms with Gasteiger partial charge in [-0.15, -0.1) is 0 Å². The molecule has 1 aromatic rings. The minimum absolute atomic E-state index is 0.117. The zero-order valence-electron chi connectivity index (χ0n) is 12.2. The molecule has 0 saturated heterocycles. The SMILES string of the molecule is CSCC[C@@H](N)c1nc(C2CCC(C)(C)CC2)no1. The van der Waals surface area contributed by atoms with Gasteiger partial charge in [-0.1, -0.05) is 19.0 Å². The van der Waals surface area contributed by atoms with Crippen molar-refractivity contribution in [1.29, 1.82) is 0 Å². The minimum Gasteiger partial charge on any atom is -0.338 e. The number of hydrogen-bond donors (Lipinski definition) is 1. The summed E-state index contributed by atoms with van der Waals surface area (Å²) in [5.74, 6) is 2.95. The first-order valence-corrected chi connectivity index (χ1v) is 8.49. The zero-order valence-corrected chi connectivity index (χ0v) is 13.0. The van der Waals surface area contributed by atoms with Crippen LogP contribution >= 0.6 is 11.8 Å². The van der Waals surface area contributed by atoms with E-state index < -0.39 is 0 Å². The molecule has 1 aromatic heterocycles. The summed E-state index contributed by atoms with van der Waals surface area (Å²) in [4.78, 5) is 4.52. The lowest BCUT2D eigenvalue weighted by Crippen LogP contribution is -2.21. The van der Waals surface area contributed by atoms with Crippen molar-refractivity contribution in [3.05, 3.63) is 11.7 Å². The summed E-state index contributed by atoms with van der Waals surface area (Å²) in [6.45, 7) is 4.67. The molecular formula is C14H25N3OS. The largest absolute Gasteiger partial charge is 0.338 e. The Hall–Kier alpha value is -0.550. The molecule has 0 aromatic carbocycles. The van der Waals surface area contributed by atoms with Crippen molar-refractivity contribution in [1.82, 2.24) is 10.1 Å². The number of aromatic nitrogens is 2. The molecule has 0 bridgehead atoms. The molecule has 0 radical (unpaired) electrons. The molecule has 0 aliphatic heterocycles. The maximum Gasteiger partial charge on any atom is 0.243 e. The van der Waals surface area contributed by atoms with Gasteiger partial charge in [0.15, 0.2) is 5.82 Å². The monoisotopic (exact) mass is 283 g/mol. The molecule has 0 spiro atoms. The molecule has 2 rings (SSSR count). The van der Waals surface area contributed by atoms with Crippen molar-refractivity contribution in [3.63, 3.8) is 0 Å². The van der Waals surface area contributed by atoms with E-state index in [9.17, 15) is 0 Å². The van der Waals surface area contributed by atoms with Gasteiger partial charge in [0.2, 0.25) is 5.89 Å². The molecule has 5 heteroatoms. The van der Waals surface area contributed by atoms with Crippen LogP contribution in [0, 0.1) is 5.41 Å². The fraction of sp³-hybridized carbons (Fsp3) is 0.857. The first kappa shape index (κ1) is 14.9. The van der Waals surface area contributed by atoms with E-state index in [1.807, 2.05) is 0 Å². The third-order valence-corrected chi connectivity index (χ3v) is 4.76. The maximum absolute atomic E-state index is 6.06. The second-order valence-electron chi connectivity index (χ2n) is 6.32. The second-order valence-corrected chi connectivity index (χ2v) is 7.30. The molecule has 4 nitrogen and oxygen atoms in total. The molecule has 1 saturated carbocycles. The van der Waals surface area contributed by atoms with Gasteiger partial charge in [0.05, 0.1) is 6.04 Å². The Bertz CT molecular complexity index is 395. The van der Waals surface area contributed by atoms with Crippen LogP contribution in [0.3, 0.4) is 0 Å². The molecule has 108 valence electrons. The summed E-state index contributed by atoms with van der Waals surface area (Å²) in [5.41, 5.74) is 6.53. The van der Waals surface area contributed by atoms with Crippen LogP contribution in [-0.2, 0) is 0 Å². The highest BCUT2D eigenvalue weighted by Gasteiger charge is 2.30. The number of nitrogens with zero attached hydrogens (tertiary/aromatic N) is 2. The molecular weight excluding hydrogens is 258 g/mol. The maximum atomic E-state index is 6.06. The van der Waals surface area contributed by atoms with Crippen molar-refractivity contribution in [2.45, 2.75) is 57.9 Å². The van der Waals surface area contributed by atoms with E-state index in [0.717, 1.165) is 30.8 Å². The van der Waals surface area contributed by atoms with Gasteiger partial charge in [-0.05, 0) is 49.5 Å². The van der Waals surface area contributed by atoms with Gasteiger partial charge in [-0.2, -0.15) is 16.7 Å². The quantitative estimate of drug-likeness (QED) is 0.896. The average molecular weight is 283 g/mol. The summed E-state index contributed by atoms with van der Waals surface area (Å²) in [6.07, 6.45) is 7.76. The first-order valence-electron chi connectivity index (χ1n) is 7.10. The standard InChI is InChI=1S/C14H25N3OS/c1-14(2)7-4-10(5-8-14)12-16-13(18-17-12)11(15)6-9-19-3/h10-11H,4-9,15H2,1-3H3/t11-/m1/s1. The van der Waals surface area contributed by atoms with Gasteiger partial charge < -0.3 is 10.3 Å². The number of rotatable bonds is 5. The van der Waals surface area contributed by atoms with Crippen molar-refractivity contribution in [3.8, 4) is 0 Å². The summed E-state index contributed by atoms with van der Waals surface area (Å²) in [6, 6.07) is -0.117. The highest BCUT2D eigenvalue weighted by Crippen LogP contribution is 2.41. The van der Waals surface area contributed by atoms with E-state index in [2.05, 4.69) is 30.2 Å². The van der Waals surface area contributed by atoms with E-state index in [1.54, 1.807) is 11.8 Å². The van der Waals surface area contributed by atoms with Gasteiger partial charge in [-0.25, -0.2) is 0 Å². The van der Waals surface area contributed by atoms with Crippen molar-refractivity contribution >= 4 is 11.8 Å². The molecule has 1 fully saturated rings. The number of thioether (sulfide) groups is 1. The van der Waals surface area contributed by atoms with Gasteiger partial charge in [0, 0.05) is 5.92 Å². The van der Waals surface area contributed by atoms with Crippen molar-refractivity contribution in [2.24, 2.45) is 11.1 Å². The lowest BCUT2D eigenvalue weighted by atomic mass is 9.73. The Morgan fingerprint density at radius 1 is 1.42 bits per heavy atom. The zero-order chi connectivity index (χ0) is 13.9. The second kappa shape index (κ2) is 6.27. The van der Waals surface area contributed by atoms with Crippen LogP contribution in [0.15, 0.2) is 4.52 Å². The van der Waals surface area contributed by atoms with Crippen LogP contribution in [0.25, 0.3) is 0 Å². The predicted octanol–water partition coefficient (Wildman–Crippen LogP) is 3.51. The summed E-state index contributed by atoms with van der Waals surface area (Å²) >= 11 is 1.79. The number of hydrogen-bond acceptors (Lipinski definition) is 5. The fourth-order valence-corrected chi connectivity index (χ4v) is 3.08. The van der Waals surface area contributed by atoms with Crippen LogP contribution < -0.4 is 5.73 Å². The van der Waals surface area contributed by atoms with Gasteiger partial charge in [-0.3, -0.25) is 0 Å². The minimum atomic E-state index is -0.117. The Morgan fingerprint density at radius 2 is 2.11 bits per heavy atom. The van der Waals surface area contributed by atoms with Gasteiger partial charge in [0.25, 0.3) is 0 Å². The van der Waals surface area contributed by atoms with E-state index in [1.165, 1.54) is 12.8 Å². The van der Waals surface area contributed by atoms with E-state index in [0.29, 0.717) is 17.2 Å². The molecule has 2 N–H and O–H groups in total. The van der Waals surface area contributed by atoms with Crippen LogP contribution in [0.5, 0.6) is 0 Å². The topological polar surface area (TPSA) is 64.9 Å². The fourth-order valence-electron chi connectivity index (χ4n) is 2.59. The Labute approximate surface area is 119 Å². The van der Waals surface area contributed by atoms with Crippen LogP contribution in [0.1, 0.15) is 69.6 Å². The Kier molecular flexibility index (Phi) is 4.90. The molecule has 1 heterocycles. The molecule has 1 aliphatic carbocycles. The van der Waals surface area contributed by atoms with Gasteiger partial charge in [0.1, 0.15) is 0 Å². The third-order valence-electron chi connectivity index (χ3n) is 4.11. The smallest absolute Gasteiger partial charge is 0.243 e. The molecule has 19 heavy (non-hydrogen) atoms. The molecule has 1 aliphatic rings.